The Balaban J connectivity index is 2.57. The van der Waals surface area contributed by atoms with E-state index >= 15 is 0 Å². The highest BCUT2D eigenvalue weighted by Gasteiger charge is 2.11. The molecule has 0 bridgehead atoms. The van der Waals surface area contributed by atoms with E-state index in [4.69, 9.17) is 0 Å². The van der Waals surface area contributed by atoms with Gasteiger partial charge >= 0.3 is 0 Å². The van der Waals surface area contributed by atoms with Crippen molar-refractivity contribution < 1.29 is 4.79 Å². The van der Waals surface area contributed by atoms with Gasteiger partial charge in [0.25, 0.3) is 0 Å². The Morgan fingerprint density at radius 1 is 1.44 bits per heavy atom. The number of nitrogens with zero attached hydrogens (tertiary/aromatic N) is 2. The summed E-state index contributed by atoms with van der Waals surface area (Å²) in [4.78, 5) is 11.1. The lowest BCUT2D eigenvalue weighted by molar-refractivity contribution is 0.112. The predicted octanol–water partition coefficient (Wildman–Crippen LogP) is 2.80. The fraction of sp³-hybridized carbons (Fsp3) is 0.385. The fourth-order valence-corrected chi connectivity index (χ4v) is 1.93. The van der Waals surface area contributed by atoms with Gasteiger partial charge in [0.15, 0.2) is 6.29 Å². The van der Waals surface area contributed by atoms with Gasteiger partial charge in [-0.2, -0.15) is 5.10 Å². The molecule has 3 heteroatoms. The second kappa shape index (κ2) is 4.47. The van der Waals surface area contributed by atoms with Crippen molar-refractivity contribution in [3.63, 3.8) is 0 Å². The number of aromatic nitrogens is 2. The van der Waals surface area contributed by atoms with Crippen molar-refractivity contribution in [2.45, 2.75) is 33.1 Å². The molecule has 0 unspecified atom stereocenters. The summed E-state index contributed by atoms with van der Waals surface area (Å²) in [6.45, 7) is 4.14. The molecule has 0 saturated heterocycles. The molecular weight excluding hydrogens is 200 g/mol. The maximum absolute atomic E-state index is 11.1. The van der Waals surface area contributed by atoms with Crippen molar-refractivity contribution in [2.75, 3.05) is 0 Å². The zero-order chi connectivity index (χ0) is 11.5. The first kappa shape index (κ1) is 10.9. The van der Waals surface area contributed by atoms with Crippen molar-refractivity contribution in [1.29, 1.82) is 0 Å². The highest BCUT2D eigenvalue weighted by molar-refractivity contribution is 5.87. The first-order valence-corrected chi connectivity index (χ1v) is 5.70. The quantitative estimate of drug-likeness (QED) is 0.736. The van der Waals surface area contributed by atoms with E-state index < -0.39 is 0 Å². The van der Waals surface area contributed by atoms with Gasteiger partial charge in [-0.25, -0.2) is 4.52 Å². The van der Waals surface area contributed by atoms with Gasteiger partial charge in [-0.05, 0) is 31.9 Å². The van der Waals surface area contributed by atoms with Gasteiger partial charge in [0, 0.05) is 5.69 Å². The molecule has 0 aliphatic heterocycles. The molecule has 0 spiro atoms. The Hall–Kier alpha value is -1.64. The van der Waals surface area contributed by atoms with Crippen LogP contribution in [0.15, 0.2) is 18.2 Å². The number of pyridine rings is 1. The summed E-state index contributed by atoms with van der Waals surface area (Å²) in [5, 5.41) is 4.51. The molecule has 2 aromatic heterocycles. The van der Waals surface area contributed by atoms with Gasteiger partial charge < -0.3 is 0 Å². The molecule has 2 rings (SSSR count). The number of hydrogen-bond acceptors (Lipinski definition) is 2. The highest BCUT2D eigenvalue weighted by Crippen LogP contribution is 2.17. The molecule has 16 heavy (non-hydrogen) atoms. The van der Waals surface area contributed by atoms with Crippen molar-refractivity contribution in [3.8, 4) is 0 Å². The van der Waals surface area contributed by atoms with E-state index in [0.29, 0.717) is 0 Å². The van der Waals surface area contributed by atoms with Crippen LogP contribution in [0.5, 0.6) is 0 Å². The molecule has 0 aromatic carbocycles. The van der Waals surface area contributed by atoms with Crippen molar-refractivity contribution >= 4 is 11.8 Å². The van der Waals surface area contributed by atoms with E-state index in [1.54, 1.807) is 0 Å². The summed E-state index contributed by atoms with van der Waals surface area (Å²) in [5.41, 5.74) is 3.65. The lowest BCUT2D eigenvalue weighted by Gasteiger charge is -1.96. The van der Waals surface area contributed by atoms with E-state index in [0.717, 1.165) is 48.0 Å². The average molecular weight is 216 g/mol. The molecule has 0 atom stereocenters. The number of rotatable bonds is 4. The van der Waals surface area contributed by atoms with Gasteiger partial charge in [0.2, 0.25) is 0 Å². The Morgan fingerprint density at radius 2 is 2.25 bits per heavy atom. The van der Waals surface area contributed by atoms with Crippen LogP contribution in [-0.2, 0) is 6.42 Å². The summed E-state index contributed by atoms with van der Waals surface area (Å²) in [5.74, 6) is 0. The first-order valence-electron chi connectivity index (χ1n) is 5.70. The number of fused-ring (bicyclic) bond motifs is 1. The second-order valence-electron chi connectivity index (χ2n) is 4.05. The molecular formula is C13H16N2O. The smallest absolute Gasteiger partial charge is 0.154 e. The van der Waals surface area contributed by atoms with Crippen LogP contribution in [0.1, 0.15) is 41.5 Å². The monoisotopic (exact) mass is 216 g/mol. The molecule has 0 saturated carbocycles. The van der Waals surface area contributed by atoms with Gasteiger partial charge in [-0.3, -0.25) is 4.79 Å². The van der Waals surface area contributed by atoms with Crippen molar-refractivity contribution in [1.82, 2.24) is 9.61 Å². The summed E-state index contributed by atoms with van der Waals surface area (Å²) in [7, 11) is 0. The minimum Gasteiger partial charge on any atom is -0.298 e. The topological polar surface area (TPSA) is 34.4 Å². The minimum absolute atomic E-state index is 0.747. The predicted molar refractivity (Wildman–Crippen MR) is 63.9 cm³/mol. The van der Waals surface area contributed by atoms with Gasteiger partial charge in [-0.1, -0.05) is 19.4 Å². The van der Waals surface area contributed by atoms with Gasteiger partial charge in [0.1, 0.15) is 0 Å². The molecule has 2 aromatic rings. The van der Waals surface area contributed by atoms with E-state index in [2.05, 4.69) is 12.0 Å². The van der Waals surface area contributed by atoms with E-state index in [-0.39, 0.29) is 0 Å². The Kier molecular flexibility index (Phi) is 3.04. The zero-order valence-electron chi connectivity index (χ0n) is 9.73. The molecule has 0 aliphatic carbocycles. The summed E-state index contributed by atoms with van der Waals surface area (Å²) in [6, 6.07) is 5.90. The van der Waals surface area contributed by atoms with Gasteiger partial charge in [-0.15, -0.1) is 0 Å². The third kappa shape index (κ3) is 1.73. The Labute approximate surface area is 95.1 Å². The van der Waals surface area contributed by atoms with Crippen molar-refractivity contribution in [3.05, 3.63) is 35.2 Å². The lowest BCUT2D eigenvalue weighted by Crippen LogP contribution is -1.93. The average Bonchev–Trinajstić information content (AvgIpc) is 2.65. The maximum atomic E-state index is 11.1. The van der Waals surface area contributed by atoms with Crippen LogP contribution < -0.4 is 0 Å². The summed E-state index contributed by atoms with van der Waals surface area (Å²) >= 11 is 0. The number of aldehydes is 1. The van der Waals surface area contributed by atoms with Crippen LogP contribution in [0, 0.1) is 6.92 Å². The van der Waals surface area contributed by atoms with Crippen LogP contribution in [0.2, 0.25) is 0 Å². The molecule has 0 aliphatic rings. The molecule has 84 valence electrons. The SMILES string of the molecule is CCCCc1nn2c(C)cccc2c1C=O. The number of carbonyl (C=O) groups is 1. The molecule has 0 N–H and O–H groups in total. The van der Waals surface area contributed by atoms with Gasteiger partial charge in [0.05, 0.1) is 16.8 Å². The van der Waals surface area contributed by atoms with E-state index in [1.807, 2.05) is 29.6 Å². The largest absolute Gasteiger partial charge is 0.298 e. The van der Waals surface area contributed by atoms with Crippen LogP contribution in [0.3, 0.4) is 0 Å². The minimum atomic E-state index is 0.747. The fourth-order valence-electron chi connectivity index (χ4n) is 1.93. The Morgan fingerprint density at radius 3 is 2.94 bits per heavy atom. The van der Waals surface area contributed by atoms with Crippen molar-refractivity contribution in [2.24, 2.45) is 0 Å². The molecule has 3 nitrogen and oxygen atoms in total. The third-order valence-corrected chi connectivity index (χ3v) is 2.85. The standard InChI is InChI=1S/C13H16N2O/c1-3-4-7-12-11(9-16)13-8-5-6-10(2)15(13)14-12/h5-6,8-9H,3-4,7H2,1-2H3. The normalized spacial score (nSPS) is 10.9. The maximum Gasteiger partial charge on any atom is 0.154 e. The number of unbranched alkanes of at least 4 members (excludes halogenated alkanes) is 1. The van der Waals surface area contributed by atoms with E-state index in [1.165, 1.54) is 0 Å². The number of hydrogen-bond donors (Lipinski definition) is 0. The first-order chi connectivity index (χ1) is 7.77. The van der Waals surface area contributed by atoms with Crippen LogP contribution in [-0.4, -0.2) is 15.9 Å². The number of carbonyl (C=O) groups excluding carboxylic acids is 1. The highest BCUT2D eigenvalue weighted by atomic mass is 16.1. The zero-order valence-corrected chi connectivity index (χ0v) is 9.73. The van der Waals surface area contributed by atoms with E-state index in [9.17, 15) is 4.79 Å². The third-order valence-electron chi connectivity index (χ3n) is 2.85. The molecule has 0 radical (unpaired) electrons. The second-order valence-corrected chi connectivity index (χ2v) is 4.05. The van der Waals surface area contributed by atoms with Crippen LogP contribution in [0.4, 0.5) is 0 Å². The molecule has 2 heterocycles. The Bertz CT molecular complexity index is 514. The summed E-state index contributed by atoms with van der Waals surface area (Å²) < 4.78 is 1.86. The molecule has 0 fully saturated rings. The lowest BCUT2D eigenvalue weighted by atomic mass is 10.1. The number of aryl methyl sites for hydroxylation is 2. The van der Waals surface area contributed by atoms with Crippen LogP contribution >= 0.6 is 0 Å². The summed E-state index contributed by atoms with van der Waals surface area (Å²) in [6.07, 6.45) is 3.99. The molecule has 0 amide bonds. The van der Waals surface area contributed by atoms with Crippen LogP contribution in [0.25, 0.3) is 5.52 Å².